The summed E-state index contributed by atoms with van der Waals surface area (Å²) in [6, 6.07) is 20.5. The first-order valence-corrected chi connectivity index (χ1v) is 29.1. The van der Waals surface area contributed by atoms with Crippen LogP contribution in [-0.2, 0) is 51.0 Å². The zero-order valence-electron chi connectivity index (χ0n) is 46.4. The van der Waals surface area contributed by atoms with Crippen LogP contribution in [0.5, 0.6) is 34.5 Å². The Hall–Kier alpha value is -6.32. The zero-order valence-corrected chi connectivity index (χ0v) is 49.0. The Kier molecular flexibility index (Phi) is 30.3. The monoisotopic (exact) mass is 1180 g/mol. The van der Waals surface area contributed by atoms with Crippen LogP contribution in [-0.4, -0.2) is 104 Å². The Morgan fingerprint density at radius 1 is 0.662 bits per heavy atom. The normalized spacial score (nSPS) is 14.1. The highest BCUT2D eigenvalue weighted by Gasteiger charge is 2.31. The van der Waals surface area contributed by atoms with E-state index in [-0.39, 0.29) is 18.6 Å². The molecule has 0 aliphatic heterocycles. The molecule has 0 spiro atoms. The molecular formula is C57H74F3O17PS2. The van der Waals surface area contributed by atoms with E-state index in [0.29, 0.717) is 46.7 Å². The van der Waals surface area contributed by atoms with Crippen molar-refractivity contribution in [2.45, 2.75) is 123 Å². The maximum atomic E-state index is 12.2. The highest BCUT2D eigenvalue weighted by molar-refractivity contribution is 8.60. The minimum atomic E-state index is -4.41. The molecule has 4 aromatic rings. The van der Waals surface area contributed by atoms with Gasteiger partial charge in [0.1, 0.15) is 5.75 Å². The molecule has 4 N–H and O–H groups in total. The van der Waals surface area contributed by atoms with Gasteiger partial charge in [0.15, 0.2) is 29.6 Å². The summed E-state index contributed by atoms with van der Waals surface area (Å²) in [6.07, 6.45) is 10.2. The molecule has 2 aliphatic carbocycles. The number of carboxylic acid groups (broad SMARTS) is 4. The third-order valence-electron chi connectivity index (χ3n) is 11.8. The molecule has 442 valence electrons. The van der Waals surface area contributed by atoms with E-state index in [1.807, 2.05) is 25.1 Å². The molecule has 6 rings (SSSR count). The van der Waals surface area contributed by atoms with Gasteiger partial charge in [-0.1, -0.05) is 107 Å². The van der Waals surface area contributed by atoms with Gasteiger partial charge in [-0.2, -0.15) is 13.2 Å². The van der Waals surface area contributed by atoms with Crippen LogP contribution in [0.2, 0.25) is 0 Å². The van der Waals surface area contributed by atoms with Crippen molar-refractivity contribution in [3.8, 4) is 34.5 Å². The third-order valence-corrected chi connectivity index (χ3v) is 14.0. The van der Waals surface area contributed by atoms with E-state index >= 15 is 0 Å². The highest BCUT2D eigenvalue weighted by atomic mass is 32.9. The predicted molar refractivity (Wildman–Crippen MR) is 303 cm³/mol. The molecule has 4 aromatic carbocycles. The number of benzene rings is 4. The summed E-state index contributed by atoms with van der Waals surface area (Å²) >= 11 is 9.92. The van der Waals surface area contributed by atoms with E-state index in [2.05, 4.69) is 12.2 Å². The minimum Gasteiger partial charge on any atom is -0.493 e. The SMILES string of the molecule is CC(C)(C)C(=O)C(=O)O.COc1ccc(C(CC(=O)O)c2cc(OC)c(OC)c(OC)c2)cc1OC.Cc1ccc(OCC(=O)O)cc1.O=C(O)C=Cc1cccc(C(F)(F)F)c1.S=P(S)(OC1CCCCC1)OC1CCCCC1. The van der Waals surface area contributed by atoms with Crippen LogP contribution in [0.25, 0.3) is 6.08 Å². The number of Topliss-reactive ketones (excluding diaryl/α,β-unsaturated/α-hetero) is 1. The van der Waals surface area contributed by atoms with Crippen molar-refractivity contribution in [2.75, 3.05) is 42.2 Å². The molecule has 2 aliphatic rings. The summed E-state index contributed by atoms with van der Waals surface area (Å²) in [7, 11) is 7.63. The number of alkyl halides is 3. The molecule has 0 bridgehead atoms. The third kappa shape index (κ3) is 26.3. The zero-order chi connectivity index (χ0) is 60.2. The maximum absolute atomic E-state index is 12.2. The molecule has 1 atom stereocenters. The Balaban J connectivity index is 0.000000360. The number of thiol groups is 1. The van der Waals surface area contributed by atoms with Crippen molar-refractivity contribution in [3.05, 3.63) is 113 Å². The standard InChI is InChI=1S/C20H24O7.C12H23O2PS2.C10H7F3O2.C9H10O3.C6H10O3/c1-23-15-7-6-12(8-16(15)24-2)14(11-19(21)22)13-9-17(25-3)20(27-5)18(10-13)26-4;16-15(17,13-11-7-3-1-4-8-11)14-12-9-5-2-6-10-12;11-10(12,13)8-3-1-2-7(6-8)4-5-9(14)15;1-7-2-4-8(5-3-7)12-6-9(10)11;1-6(2,3)4(7)5(8)9/h6-10,14H,11H2,1-5H3,(H,21,22);11-12H,1-10H2,(H,16,17);1-6H,(H,14,15);2-5H,6H2,1H3,(H,10,11);1-3H3,(H,8,9). The molecule has 1 unspecified atom stereocenters. The van der Waals surface area contributed by atoms with Crippen LogP contribution in [0.1, 0.15) is 125 Å². The molecule has 0 radical (unpaired) electrons. The first kappa shape index (κ1) is 69.8. The second-order valence-corrected chi connectivity index (χ2v) is 24.3. The van der Waals surface area contributed by atoms with E-state index in [0.717, 1.165) is 66.7 Å². The second kappa shape index (κ2) is 34.7. The van der Waals surface area contributed by atoms with Crippen molar-refractivity contribution >= 4 is 65.5 Å². The lowest BCUT2D eigenvalue weighted by molar-refractivity contribution is -0.152. The van der Waals surface area contributed by atoms with Crippen LogP contribution < -0.4 is 28.4 Å². The number of ketones is 1. The van der Waals surface area contributed by atoms with Gasteiger partial charge in [0.25, 0.3) is 0 Å². The van der Waals surface area contributed by atoms with Gasteiger partial charge >= 0.3 is 30.1 Å². The Labute approximate surface area is 476 Å². The van der Waals surface area contributed by atoms with Crippen molar-refractivity contribution in [1.82, 2.24) is 0 Å². The maximum Gasteiger partial charge on any atom is 0.416 e. The van der Waals surface area contributed by atoms with Gasteiger partial charge in [-0.05, 0) is 116 Å². The molecule has 0 aromatic heterocycles. The van der Waals surface area contributed by atoms with E-state index in [9.17, 15) is 42.3 Å². The largest absolute Gasteiger partial charge is 0.493 e. The van der Waals surface area contributed by atoms with Gasteiger partial charge in [-0.3, -0.25) is 9.59 Å². The second-order valence-electron chi connectivity index (χ2n) is 19.1. The predicted octanol–water partition coefficient (Wildman–Crippen LogP) is 13.1. The van der Waals surface area contributed by atoms with Crippen molar-refractivity contribution < 1.29 is 95.0 Å². The molecule has 2 fully saturated rings. The summed E-state index contributed by atoms with van der Waals surface area (Å²) in [5.74, 6) is -2.59. The van der Waals surface area contributed by atoms with Crippen LogP contribution in [0.15, 0.2) is 84.9 Å². The lowest BCUT2D eigenvalue weighted by Crippen LogP contribution is -2.27. The lowest BCUT2D eigenvalue weighted by Gasteiger charge is -2.31. The van der Waals surface area contributed by atoms with Crippen LogP contribution in [0, 0.1) is 12.3 Å². The molecule has 0 amide bonds. The molecule has 80 heavy (non-hydrogen) atoms. The first-order chi connectivity index (χ1) is 37.6. The highest BCUT2D eigenvalue weighted by Crippen LogP contribution is 2.57. The molecule has 23 heteroatoms. The summed E-state index contributed by atoms with van der Waals surface area (Å²) in [5.41, 5.74) is -1.04. The summed E-state index contributed by atoms with van der Waals surface area (Å²) in [6.45, 7) is 6.39. The van der Waals surface area contributed by atoms with Gasteiger partial charge in [0.2, 0.25) is 17.2 Å². The number of methoxy groups -OCH3 is 5. The topological polar surface area (TPSA) is 240 Å². The van der Waals surface area contributed by atoms with Gasteiger partial charge in [-0.15, -0.1) is 0 Å². The van der Waals surface area contributed by atoms with Crippen LogP contribution >= 0.6 is 17.9 Å². The number of aliphatic carboxylic acids is 4. The minimum absolute atomic E-state index is 0.117. The van der Waals surface area contributed by atoms with Gasteiger partial charge in [0.05, 0.1) is 59.7 Å². The van der Waals surface area contributed by atoms with Gasteiger partial charge in [-0.25, -0.2) is 14.4 Å². The lowest BCUT2D eigenvalue weighted by atomic mass is 9.88. The number of carboxylic acids is 4. The number of carbonyl (C=O) groups is 5. The fraction of sp³-hybridized carbons (Fsp3) is 0.456. The number of rotatable bonds is 19. The van der Waals surface area contributed by atoms with Crippen LogP contribution in [0.4, 0.5) is 13.2 Å². The number of halogens is 3. The first-order valence-electron chi connectivity index (χ1n) is 25.3. The summed E-state index contributed by atoms with van der Waals surface area (Å²) in [4.78, 5) is 52.3. The Morgan fingerprint density at radius 2 is 1.16 bits per heavy atom. The van der Waals surface area contributed by atoms with E-state index in [1.54, 1.807) is 64.3 Å². The van der Waals surface area contributed by atoms with Crippen molar-refractivity contribution in [2.24, 2.45) is 5.41 Å². The number of ether oxygens (including phenoxy) is 6. The average Bonchev–Trinajstić information content (AvgIpc) is 3.41. The van der Waals surface area contributed by atoms with Gasteiger partial charge < -0.3 is 57.9 Å². The fourth-order valence-electron chi connectivity index (χ4n) is 7.80. The van der Waals surface area contributed by atoms with Gasteiger partial charge in [0, 0.05) is 17.4 Å². The fourth-order valence-corrected chi connectivity index (χ4v) is 10.6. The van der Waals surface area contributed by atoms with Crippen molar-refractivity contribution in [3.63, 3.8) is 0 Å². The summed E-state index contributed by atoms with van der Waals surface area (Å²) in [5, 5.41) is 34.2. The molecule has 2 saturated carbocycles. The number of carbonyl (C=O) groups excluding carboxylic acids is 1. The van der Waals surface area contributed by atoms with Crippen molar-refractivity contribution in [1.29, 1.82) is 0 Å². The van der Waals surface area contributed by atoms with E-state index in [4.69, 9.17) is 64.6 Å². The molecular weight excluding hydrogens is 1110 g/mol. The summed E-state index contributed by atoms with van der Waals surface area (Å²) < 4.78 is 80.2. The molecule has 17 nitrogen and oxygen atoms in total. The number of hydrogen-bond acceptors (Lipinski definition) is 14. The molecule has 0 saturated heterocycles. The Morgan fingerprint density at radius 3 is 1.56 bits per heavy atom. The molecule has 0 heterocycles. The Bertz CT molecular complexity index is 2630. The number of hydrogen-bond donors (Lipinski definition) is 5. The number of aryl methyl sites for hydroxylation is 1. The van der Waals surface area contributed by atoms with E-state index < -0.39 is 58.4 Å². The smallest absolute Gasteiger partial charge is 0.416 e. The quantitative estimate of drug-likeness (QED) is 0.0254. The van der Waals surface area contributed by atoms with E-state index in [1.165, 1.54) is 79.1 Å². The average molecular weight is 1180 g/mol. The van der Waals surface area contributed by atoms with Crippen LogP contribution in [0.3, 0.4) is 0 Å².